The molecule has 11 heteroatoms. The van der Waals surface area contributed by atoms with Crippen LogP contribution in [0.1, 0.15) is 18.5 Å². The monoisotopic (exact) mass is 484 g/mol. The third kappa shape index (κ3) is 5.42. The fourth-order valence-corrected chi connectivity index (χ4v) is 3.82. The Morgan fingerprint density at radius 1 is 1.14 bits per heavy atom. The maximum Gasteiger partial charge on any atom is 0.305 e. The van der Waals surface area contributed by atoms with Crippen LogP contribution >= 0.6 is 0 Å². The van der Waals surface area contributed by atoms with E-state index in [9.17, 15) is 15.0 Å². The minimum Gasteiger partial charge on any atom is -0.493 e. The van der Waals surface area contributed by atoms with Crippen molar-refractivity contribution in [3.05, 3.63) is 48.2 Å². The van der Waals surface area contributed by atoms with Crippen molar-refractivity contribution >= 4 is 39.3 Å². The minimum atomic E-state index is -1.19. The summed E-state index contributed by atoms with van der Waals surface area (Å²) in [7, 11) is 1.44. The zero-order valence-corrected chi connectivity index (χ0v) is 19.1. The van der Waals surface area contributed by atoms with Gasteiger partial charge in [0.15, 0.2) is 17.3 Å². The lowest BCUT2D eigenvalue weighted by atomic mass is 10.1. The number of carbonyl (C=O) groups is 1. The van der Waals surface area contributed by atoms with Crippen molar-refractivity contribution in [1.82, 2.24) is 15.0 Å². The van der Waals surface area contributed by atoms with E-state index in [1.807, 2.05) is 6.92 Å². The SMILES string of the molecule is COc1cc2c(Nc3ccc4[nH]c(C)cc4c3F)ncnc2cc1OCC(O)CC(O)CC(=O)O. The Balaban J connectivity index is 1.57. The number of aliphatic carboxylic acids is 1. The predicted molar refractivity (Wildman–Crippen MR) is 127 cm³/mol. The normalized spacial score (nSPS) is 13.1. The van der Waals surface area contributed by atoms with Crippen LogP contribution in [0.15, 0.2) is 36.7 Å². The number of nitrogens with one attached hydrogen (secondary N) is 2. The first-order chi connectivity index (χ1) is 16.7. The molecule has 0 fully saturated rings. The lowest BCUT2D eigenvalue weighted by Gasteiger charge is -2.17. The van der Waals surface area contributed by atoms with E-state index < -0.39 is 30.4 Å². The molecule has 5 N–H and O–H groups in total. The molecule has 0 bridgehead atoms. The lowest BCUT2D eigenvalue weighted by molar-refractivity contribution is -0.139. The molecular weight excluding hydrogens is 459 g/mol. The van der Waals surface area contributed by atoms with Crippen molar-refractivity contribution in [1.29, 1.82) is 0 Å². The highest BCUT2D eigenvalue weighted by molar-refractivity contribution is 5.94. The number of aromatic nitrogens is 3. The number of aliphatic hydroxyl groups is 2. The summed E-state index contributed by atoms with van der Waals surface area (Å²) >= 11 is 0. The van der Waals surface area contributed by atoms with Crippen LogP contribution in [-0.4, -0.2) is 62.2 Å². The Bertz CT molecular complexity index is 1380. The smallest absolute Gasteiger partial charge is 0.305 e. The number of rotatable bonds is 10. The van der Waals surface area contributed by atoms with Gasteiger partial charge in [0.25, 0.3) is 0 Å². The second-order valence-corrected chi connectivity index (χ2v) is 8.16. The molecule has 2 aromatic heterocycles. The van der Waals surface area contributed by atoms with Crippen LogP contribution in [0.25, 0.3) is 21.8 Å². The van der Waals surface area contributed by atoms with Crippen LogP contribution in [0.3, 0.4) is 0 Å². The molecule has 0 saturated carbocycles. The highest BCUT2D eigenvalue weighted by Crippen LogP contribution is 2.36. The van der Waals surface area contributed by atoms with E-state index in [0.29, 0.717) is 33.4 Å². The molecule has 2 unspecified atom stereocenters. The van der Waals surface area contributed by atoms with Gasteiger partial charge in [-0.05, 0) is 31.2 Å². The van der Waals surface area contributed by atoms with E-state index in [1.165, 1.54) is 13.4 Å². The lowest BCUT2D eigenvalue weighted by Crippen LogP contribution is -2.25. The number of aromatic amines is 1. The number of halogens is 1. The topological polar surface area (TPSA) is 150 Å². The summed E-state index contributed by atoms with van der Waals surface area (Å²) in [6, 6.07) is 8.36. The second kappa shape index (κ2) is 10.1. The molecule has 2 atom stereocenters. The number of H-pyrrole nitrogens is 1. The maximum absolute atomic E-state index is 15.1. The molecule has 10 nitrogen and oxygen atoms in total. The molecule has 2 heterocycles. The van der Waals surface area contributed by atoms with E-state index in [1.54, 1.807) is 30.3 Å². The summed E-state index contributed by atoms with van der Waals surface area (Å²) in [6.45, 7) is 1.66. The number of ether oxygens (including phenoxy) is 2. The van der Waals surface area contributed by atoms with Gasteiger partial charge in [0.1, 0.15) is 18.8 Å². The summed E-state index contributed by atoms with van der Waals surface area (Å²) in [5.41, 5.74) is 2.28. The first-order valence-corrected chi connectivity index (χ1v) is 10.8. The quantitative estimate of drug-likeness (QED) is 0.228. The van der Waals surface area contributed by atoms with Crippen molar-refractivity contribution in [2.45, 2.75) is 32.0 Å². The Morgan fingerprint density at radius 2 is 1.94 bits per heavy atom. The Hall–Kier alpha value is -3.96. The summed E-state index contributed by atoms with van der Waals surface area (Å²) in [6.07, 6.45) is -1.59. The van der Waals surface area contributed by atoms with Gasteiger partial charge >= 0.3 is 5.97 Å². The Morgan fingerprint density at radius 3 is 2.69 bits per heavy atom. The predicted octanol–water partition coefficient (Wildman–Crippen LogP) is 3.28. The van der Waals surface area contributed by atoms with Crippen LogP contribution in [0, 0.1) is 12.7 Å². The molecular formula is C24H25FN4O6. The molecule has 0 aliphatic heterocycles. The number of aryl methyl sites for hydroxylation is 1. The van der Waals surface area contributed by atoms with Gasteiger partial charge in [-0.25, -0.2) is 14.4 Å². The zero-order valence-electron chi connectivity index (χ0n) is 19.1. The van der Waals surface area contributed by atoms with Crippen molar-refractivity contribution in [2.75, 3.05) is 19.0 Å². The average Bonchev–Trinajstić information content (AvgIpc) is 3.19. The van der Waals surface area contributed by atoms with Gasteiger partial charge in [-0.1, -0.05) is 0 Å². The molecule has 0 saturated heterocycles. The third-order valence-electron chi connectivity index (χ3n) is 5.43. The molecule has 0 amide bonds. The summed E-state index contributed by atoms with van der Waals surface area (Å²) in [5.74, 6) is -0.599. The van der Waals surface area contributed by atoms with Gasteiger partial charge in [0.05, 0.1) is 36.9 Å². The number of carboxylic acids is 1. The highest BCUT2D eigenvalue weighted by Gasteiger charge is 2.18. The number of hydrogen-bond acceptors (Lipinski definition) is 8. The fraction of sp³-hybridized carbons (Fsp3) is 0.292. The maximum atomic E-state index is 15.1. The van der Waals surface area contributed by atoms with Gasteiger partial charge in [0.2, 0.25) is 0 Å². The second-order valence-electron chi connectivity index (χ2n) is 8.16. The van der Waals surface area contributed by atoms with Crippen LogP contribution in [-0.2, 0) is 4.79 Å². The van der Waals surface area contributed by atoms with E-state index in [2.05, 4.69) is 20.3 Å². The number of anilines is 2. The first-order valence-electron chi connectivity index (χ1n) is 10.8. The van der Waals surface area contributed by atoms with Gasteiger partial charge < -0.3 is 35.1 Å². The number of aliphatic hydroxyl groups excluding tert-OH is 2. The van der Waals surface area contributed by atoms with Crippen LogP contribution in [0.4, 0.5) is 15.9 Å². The largest absolute Gasteiger partial charge is 0.493 e. The van der Waals surface area contributed by atoms with E-state index >= 15 is 4.39 Å². The molecule has 0 aliphatic carbocycles. The Labute approximate surface area is 199 Å². The zero-order chi connectivity index (χ0) is 25.1. The number of methoxy groups -OCH3 is 1. The molecule has 35 heavy (non-hydrogen) atoms. The number of benzene rings is 2. The van der Waals surface area contributed by atoms with Gasteiger partial charge in [-0.3, -0.25) is 4.79 Å². The number of nitrogens with zero attached hydrogens (tertiary/aromatic N) is 2. The summed E-state index contributed by atoms with van der Waals surface area (Å²) in [4.78, 5) is 22.3. The van der Waals surface area contributed by atoms with E-state index in [-0.39, 0.29) is 24.5 Å². The van der Waals surface area contributed by atoms with Gasteiger partial charge in [-0.15, -0.1) is 0 Å². The van der Waals surface area contributed by atoms with E-state index in [4.69, 9.17) is 14.6 Å². The van der Waals surface area contributed by atoms with Crippen molar-refractivity contribution in [3.8, 4) is 11.5 Å². The number of fused-ring (bicyclic) bond motifs is 2. The molecule has 2 aromatic carbocycles. The summed E-state index contributed by atoms with van der Waals surface area (Å²) in [5, 5.41) is 32.5. The molecule has 4 aromatic rings. The standard InChI is InChI=1S/C24H25FN4O6/c1-12-5-15-17(28-12)3-4-18(23(15)25)29-24-16-8-20(34-2)21(9-19(16)26-11-27-24)35-10-14(31)6-13(30)7-22(32)33/h3-5,8-9,11,13-14,28,30-31H,6-7,10H2,1-2H3,(H,32,33)(H,26,27,29). The molecule has 0 radical (unpaired) electrons. The molecule has 0 spiro atoms. The Kier molecular flexibility index (Phi) is 6.99. The third-order valence-corrected chi connectivity index (χ3v) is 5.43. The van der Waals surface area contributed by atoms with Crippen molar-refractivity contribution < 1.29 is 34.0 Å². The fourth-order valence-electron chi connectivity index (χ4n) is 3.82. The molecule has 4 rings (SSSR count). The first kappa shape index (κ1) is 24.2. The minimum absolute atomic E-state index is 0.158. The van der Waals surface area contributed by atoms with Crippen LogP contribution < -0.4 is 14.8 Å². The van der Waals surface area contributed by atoms with Crippen molar-refractivity contribution in [3.63, 3.8) is 0 Å². The molecule has 0 aliphatic rings. The van der Waals surface area contributed by atoms with E-state index in [0.717, 1.165) is 5.69 Å². The number of hydrogen-bond donors (Lipinski definition) is 5. The highest BCUT2D eigenvalue weighted by atomic mass is 19.1. The summed E-state index contributed by atoms with van der Waals surface area (Å²) < 4.78 is 26.1. The van der Waals surface area contributed by atoms with Crippen molar-refractivity contribution in [2.24, 2.45) is 0 Å². The number of carboxylic acid groups (broad SMARTS) is 1. The van der Waals surface area contributed by atoms with Crippen LogP contribution in [0.5, 0.6) is 11.5 Å². The van der Waals surface area contributed by atoms with Gasteiger partial charge in [-0.2, -0.15) is 0 Å². The van der Waals surface area contributed by atoms with Gasteiger partial charge in [0, 0.05) is 34.5 Å². The molecule has 184 valence electrons. The average molecular weight is 484 g/mol. The van der Waals surface area contributed by atoms with Crippen LogP contribution in [0.2, 0.25) is 0 Å².